The Labute approximate surface area is 103 Å². The van der Waals surface area contributed by atoms with Gasteiger partial charge in [-0.15, -0.1) is 0 Å². The Balaban J connectivity index is 2.45. The van der Waals surface area contributed by atoms with Gasteiger partial charge in [0.2, 0.25) is 0 Å². The third-order valence-corrected chi connectivity index (χ3v) is 3.05. The zero-order chi connectivity index (χ0) is 13.0. The minimum atomic E-state index is -0.903. The van der Waals surface area contributed by atoms with Gasteiger partial charge in [0.15, 0.2) is 0 Å². The van der Waals surface area contributed by atoms with Gasteiger partial charge < -0.3 is 24.4 Å². The van der Waals surface area contributed by atoms with Crippen molar-refractivity contribution in [1.29, 1.82) is 0 Å². The molecule has 1 heterocycles. The van der Waals surface area contributed by atoms with E-state index in [-0.39, 0.29) is 12.7 Å². The fraction of sp³-hybridized carbons (Fsp3) is 1.00. The van der Waals surface area contributed by atoms with Crippen LogP contribution in [0.25, 0.3) is 0 Å². The lowest BCUT2D eigenvalue weighted by Crippen LogP contribution is -2.39. The highest BCUT2D eigenvalue weighted by atomic mass is 16.6. The number of hydrogen-bond donors (Lipinski definition) is 2. The third kappa shape index (κ3) is 3.66. The van der Waals surface area contributed by atoms with Crippen LogP contribution in [0.3, 0.4) is 0 Å². The van der Waals surface area contributed by atoms with Crippen LogP contribution in [0.15, 0.2) is 0 Å². The van der Waals surface area contributed by atoms with Crippen LogP contribution in [0.5, 0.6) is 0 Å². The van der Waals surface area contributed by atoms with Crippen molar-refractivity contribution in [2.45, 2.75) is 44.3 Å². The predicted molar refractivity (Wildman–Crippen MR) is 62.9 cm³/mol. The molecule has 17 heavy (non-hydrogen) atoms. The first-order valence-electron chi connectivity index (χ1n) is 5.85. The number of rotatable bonds is 6. The molecule has 98 valence electrons. The summed E-state index contributed by atoms with van der Waals surface area (Å²) in [6.07, 6.45) is -2.25. The average molecular weight is 244 g/mol. The number of methoxy groups -OCH3 is 1. The zero-order valence-electron chi connectivity index (χ0n) is 10.6. The quantitative estimate of drug-likeness (QED) is 0.604. The van der Waals surface area contributed by atoms with Gasteiger partial charge in [-0.25, -0.2) is 0 Å². The molecule has 5 atom stereocenters. The molecule has 5 nitrogen and oxygen atoms in total. The first-order chi connectivity index (χ1) is 8.01. The Morgan fingerprint density at radius 3 is 2.47 bits per heavy atom. The van der Waals surface area contributed by atoms with Gasteiger partial charge in [0.25, 0.3) is 0 Å². The molecule has 1 fully saturated rings. The fourth-order valence-corrected chi connectivity index (χ4v) is 1.85. The summed E-state index contributed by atoms with van der Waals surface area (Å²) in [5, 5.41) is 18.8. The SMILES string of the molecule is [B][C@@H]1O[C@H](CO)C(O)C1OC[C@H](OC)C(C)C. The highest BCUT2D eigenvalue weighted by Crippen LogP contribution is 2.22. The highest BCUT2D eigenvalue weighted by Gasteiger charge is 2.41. The van der Waals surface area contributed by atoms with Gasteiger partial charge in [-0.1, -0.05) is 13.8 Å². The molecule has 1 rings (SSSR count). The molecule has 0 bridgehead atoms. The van der Waals surface area contributed by atoms with E-state index in [0.29, 0.717) is 12.5 Å². The molecule has 2 N–H and O–H groups in total. The van der Waals surface area contributed by atoms with E-state index in [4.69, 9.17) is 27.2 Å². The fourth-order valence-electron chi connectivity index (χ4n) is 1.85. The highest BCUT2D eigenvalue weighted by molar-refractivity contribution is 6.11. The maximum Gasteiger partial charge on any atom is 0.112 e. The van der Waals surface area contributed by atoms with Crippen LogP contribution < -0.4 is 0 Å². The van der Waals surface area contributed by atoms with E-state index >= 15 is 0 Å². The van der Waals surface area contributed by atoms with Crippen molar-refractivity contribution >= 4 is 7.85 Å². The summed E-state index contributed by atoms with van der Waals surface area (Å²) in [6, 6.07) is -0.716. The van der Waals surface area contributed by atoms with Crippen LogP contribution in [0.2, 0.25) is 0 Å². The molecule has 1 aliphatic heterocycles. The second kappa shape index (κ2) is 6.71. The Kier molecular flexibility index (Phi) is 5.89. The summed E-state index contributed by atoms with van der Waals surface area (Å²) >= 11 is 0. The molecule has 0 saturated carbocycles. The first-order valence-corrected chi connectivity index (χ1v) is 5.85. The molecular weight excluding hydrogens is 223 g/mol. The average Bonchev–Trinajstić information content (AvgIpc) is 2.56. The number of ether oxygens (including phenoxy) is 3. The van der Waals surface area contributed by atoms with Crippen LogP contribution in [-0.2, 0) is 14.2 Å². The third-order valence-electron chi connectivity index (χ3n) is 3.05. The Hall–Kier alpha value is -0.135. The van der Waals surface area contributed by atoms with Gasteiger partial charge in [0, 0.05) is 13.1 Å². The standard InChI is InChI=1S/C11H21BO5/c1-6(2)8(15-3)5-16-10-9(14)7(4-13)17-11(10)12/h6-11,13-14H,4-5H2,1-3H3/t7-,8+,9?,10?,11-/m1/s1. The van der Waals surface area contributed by atoms with E-state index < -0.39 is 24.3 Å². The van der Waals surface area contributed by atoms with Crippen LogP contribution in [0, 0.1) is 5.92 Å². The molecule has 2 unspecified atom stereocenters. The summed E-state index contributed by atoms with van der Waals surface area (Å²) in [4.78, 5) is 0. The van der Waals surface area contributed by atoms with Gasteiger partial charge in [-0.05, 0) is 5.92 Å². The van der Waals surface area contributed by atoms with E-state index in [0.717, 1.165) is 0 Å². The largest absolute Gasteiger partial charge is 0.394 e. The van der Waals surface area contributed by atoms with Gasteiger partial charge in [-0.2, -0.15) is 0 Å². The van der Waals surface area contributed by atoms with Crippen LogP contribution >= 0.6 is 0 Å². The number of hydrogen-bond acceptors (Lipinski definition) is 5. The van der Waals surface area contributed by atoms with E-state index in [1.165, 1.54) is 0 Å². The Bertz CT molecular complexity index is 226. The molecule has 0 aromatic carbocycles. The Morgan fingerprint density at radius 2 is 2.06 bits per heavy atom. The molecule has 0 spiro atoms. The van der Waals surface area contributed by atoms with Crippen molar-refractivity contribution < 1.29 is 24.4 Å². The Morgan fingerprint density at radius 1 is 1.41 bits per heavy atom. The van der Waals surface area contributed by atoms with E-state index in [1.54, 1.807) is 7.11 Å². The molecule has 0 aromatic heterocycles. The van der Waals surface area contributed by atoms with Crippen molar-refractivity contribution in [3.05, 3.63) is 0 Å². The maximum absolute atomic E-state index is 9.81. The van der Waals surface area contributed by atoms with Crippen molar-refractivity contribution in [3.63, 3.8) is 0 Å². The molecule has 2 radical (unpaired) electrons. The number of aliphatic hydroxyl groups excluding tert-OH is 2. The lowest BCUT2D eigenvalue weighted by atomic mass is 9.93. The molecule has 0 aliphatic carbocycles. The smallest absolute Gasteiger partial charge is 0.112 e. The van der Waals surface area contributed by atoms with E-state index in [1.807, 2.05) is 13.8 Å². The van der Waals surface area contributed by atoms with Gasteiger partial charge in [-0.3, -0.25) is 0 Å². The molecule has 6 heteroatoms. The normalized spacial score (nSPS) is 35.4. The van der Waals surface area contributed by atoms with Gasteiger partial charge >= 0.3 is 0 Å². The lowest BCUT2D eigenvalue weighted by Gasteiger charge is -2.24. The van der Waals surface area contributed by atoms with E-state index in [2.05, 4.69) is 0 Å². The summed E-state index contributed by atoms with van der Waals surface area (Å²) in [7, 11) is 7.30. The first kappa shape index (κ1) is 14.9. The summed E-state index contributed by atoms with van der Waals surface area (Å²) < 4.78 is 16.0. The van der Waals surface area contributed by atoms with E-state index in [9.17, 15) is 5.11 Å². The van der Waals surface area contributed by atoms with Crippen molar-refractivity contribution in [3.8, 4) is 0 Å². The molecule has 0 aromatic rings. The van der Waals surface area contributed by atoms with Gasteiger partial charge in [0.05, 0.1) is 19.3 Å². The molecule has 1 aliphatic rings. The van der Waals surface area contributed by atoms with Crippen molar-refractivity contribution in [1.82, 2.24) is 0 Å². The summed E-state index contributed by atoms with van der Waals surface area (Å²) in [5.74, 6) is 0.310. The summed E-state index contributed by atoms with van der Waals surface area (Å²) in [6.45, 7) is 4.11. The molecule has 1 saturated heterocycles. The van der Waals surface area contributed by atoms with Gasteiger partial charge in [0.1, 0.15) is 26.2 Å². The second-order valence-electron chi connectivity index (χ2n) is 4.63. The number of aliphatic hydroxyl groups is 2. The zero-order valence-corrected chi connectivity index (χ0v) is 10.6. The monoisotopic (exact) mass is 244 g/mol. The second-order valence-corrected chi connectivity index (χ2v) is 4.63. The molecule has 0 amide bonds. The van der Waals surface area contributed by atoms with Crippen LogP contribution in [0.4, 0.5) is 0 Å². The topological polar surface area (TPSA) is 68.2 Å². The minimum absolute atomic E-state index is 0.0532. The van der Waals surface area contributed by atoms with Crippen LogP contribution in [0.1, 0.15) is 13.8 Å². The maximum atomic E-state index is 9.81. The summed E-state index contributed by atoms with van der Waals surface area (Å²) in [5.41, 5.74) is 0. The van der Waals surface area contributed by atoms with Crippen LogP contribution in [-0.4, -0.2) is 68.8 Å². The van der Waals surface area contributed by atoms with Crippen molar-refractivity contribution in [2.75, 3.05) is 20.3 Å². The minimum Gasteiger partial charge on any atom is -0.394 e. The lowest BCUT2D eigenvalue weighted by molar-refractivity contribution is -0.0764. The van der Waals surface area contributed by atoms with Crippen molar-refractivity contribution in [2.24, 2.45) is 5.92 Å². The predicted octanol–water partition coefficient (Wildman–Crippen LogP) is -0.711. The molecular formula is C11H21BO5.